The standard InChI is InChI=1S/C16H21NO3/c1-17-14(8-9-15(18)19)16(20)13-7-6-11-4-2-3-5-12(11)10-13/h6-7,10,14,17H,2-5,8-9H2,1H3,(H,18,19). The van der Waals surface area contributed by atoms with Crippen LogP contribution in [-0.2, 0) is 17.6 Å². The van der Waals surface area contributed by atoms with Crippen molar-refractivity contribution in [2.75, 3.05) is 7.05 Å². The van der Waals surface area contributed by atoms with Crippen LogP contribution in [0.2, 0.25) is 0 Å². The van der Waals surface area contributed by atoms with Crippen LogP contribution in [0.25, 0.3) is 0 Å². The highest BCUT2D eigenvalue weighted by Gasteiger charge is 2.20. The number of rotatable bonds is 6. The molecule has 1 aliphatic rings. The molecule has 1 aromatic carbocycles. The molecule has 0 amide bonds. The molecule has 0 aromatic heterocycles. The number of likely N-dealkylation sites (N-methyl/N-ethyl adjacent to an activating group) is 1. The van der Waals surface area contributed by atoms with Gasteiger partial charge in [0.2, 0.25) is 0 Å². The number of fused-ring (bicyclic) bond motifs is 1. The Kier molecular flexibility index (Phi) is 4.90. The van der Waals surface area contributed by atoms with Gasteiger partial charge in [-0.2, -0.15) is 0 Å². The van der Waals surface area contributed by atoms with E-state index in [0.717, 1.165) is 12.8 Å². The second kappa shape index (κ2) is 6.66. The Balaban J connectivity index is 2.12. The first-order valence-electron chi connectivity index (χ1n) is 7.17. The van der Waals surface area contributed by atoms with Crippen LogP contribution < -0.4 is 5.32 Å². The third-order valence-electron chi connectivity index (χ3n) is 3.94. The molecule has 0 bridgehead atoms. The lowest BCUT2D eigenvalue weighted by molar-refractivity contribution is -0.137. The van der Waals surface area contributed by atoms with Gasteiger partial charge in [0.1, 0.15) is 0 Å². The predicted octanol–water partition coefficient (Wildman–Crippen LogP) is 2.20. The summed E-state index contributed by atoms with van der Waals surface area (Å²) in [7, 11) is 1.70. The number of nitrogens with one attached hydrogen (secondary N) is 1. The number of carbonyl (C=O) groups excluding carboxylic acids is 1. The first kappa shape index (κ1) is 14.7. The molecule has 1 atom stereocenters. The number of aryl methyl sites for hydroxylation is 2. The number of carboxylic acids is 1. The molecule has 1 aromatic rings. The molecule has 1 aliphatic carbocycles. The van der Waals surface area contributed by atoms with Crippen molar-refractivity contribution in [3.05, 3.63) is 34.9 Å². The first-order valence-corrected chi connectivity index (χ1v) is 7.17. The number of hydrogen-bond acceptors (Lipinski definition) is 3. The average Bonchev–Trinajstić information content (AvgIpc) is 2.47. The molecule has 0 aliphatic heterocycles. The Morgan fingerprint density at radius 2 is 1.95 bits per heavy atom. The zero-order valence-corrected chi connectivity index (χ0v) is 11.8. The van der Waals surface area contributed by atoms with Crippen LogP contribution in [0.5, 0.6) is 0 Å². The fourth-order valence-corrected chi connectivity index (χ4v) is 2.76. The van der Waals surface area contributed by atoms with Gasteiger partial charge in [-0.05, 0) is 56.3 Å². The van der Waals surface area contributed by atoms with E-state index in [1.807, 2.05) is 18.2 Å². The lowest BCUT2D eigenvalue weighted by Gasteiger charge is -2.18. The molecule has 4 nitrogen and oxygen atoms in total. The van der Waals surface area contributed by atoms with Crippen molar-refractivity contribution in [3.63, 3.8) is 0 Å². The summed E-state index contributed by atoms with van der Waals surface area (Å²) in [6.45, 7) is 0. The van der Waals surface area contributed by atoms with E-state index in [9.17, 15) is 9.59 Å². The molecule has 2 N–H and O–H groups in total. The maximum absolute atomic E-state index is 12.4. The van der Waals surface area contributed by atoms with Crippen molar-refractivity contribution in [3.8, 4) is 0 Å². The molecule has 108 valence electrons. The largest absolute Gasteiger partial charge is 0.481 e. The third kappa shape index (κ3) is 3.45. The number of Topliss-reactive ketones (excluding diaryl/α,β-unsaturated/α-hetero) is 1. The fourth-order valence-electron chi connectivity index (χ4n) is 2.76. The molecule has 0 heterocycles. The van der Waals surface area contributed by atoms with Gasteiger partial charge in [-0.25, -0.2) is 0 Å². The molecule has 4 heteroatoms. The van der Waals surface area contributed by atoms with E-state index in [0.29, 0.717) is 12.0 Å². The van der Waals surface area contributed by atoms with Gasteiger partial charge < -0.3 is 10.4 Å². The lowest BCUT2D eigenvalue weighted by Crippen LogP contribution is -2.34. The number of carbonyl (C=O) groups is 2. The quantitative estimate of drug-likeness (QED) is 0.781. The molecule has 1 unspecified atom stereocenters. The average molecular weight is 275 g/mol. The molecular formula is C16H21NO3. The summed E-state index contributed by atoms with van der Waals surface area (Å²) in [5, 5.41) is 11.7. The van der Waals surface area contributed by atoms with Gasteiger partial charge in [0, 0.05) is 12.0 Å². The maximum Gasteiger partial charge on any atom is 0.303 e. The highest BCUT2D eigenvalue weighted by atomic mass is 16.4. The number of hydrogen-bond donors (Lipinski definition) is 2. The van der Waals surface area contributed by atoms with Crippen LogP contribution >= 0.6 is 0 Å². The van der Waals surface area contributed by atoms with Gasteiger partial charge in [-0.1, -0.05) is 12.1 Å². The Labute approximate surface area is 119 Å². The van der Waals surface area contributed by atoms with Crippen LogP contribution in [0.4, 0.5) is 0 Å². The fraction of sp³-hybridized carbons (Fsp3) is 0.500. The monoisotopic (exact) mass is 275 g/mol. The summed E-state index contributed by atoms with van der Waals surface area (Å²) in [5.41, 5.74) is 3.31. The van der Waals surface area contributed by atoms with E-state index in [4.69, 9.17) is 5.11 Å². The van der Waals surface area contributed by atoms with Gasteiger partial charge in [-0.3, -0.25) is 9.59 Å². The van der Waals surface area contributed by atoms with Crippen LogP contribution in [0.3, 0.4) is 0 Å². The molecule has 0 fully saturated rings. The van der Waals surface area contributed by atoms with Crippen molar-refractivity contribution in [1.82, 2.24) is 5.32 Å². The predicted molar refractivity (Wildman–Crippen MR) is 77.1 cm³/mol. The van der Waals surface area contributed by atoms with Gasteiger partial charge in [-0.15, -0.1) is 0 Å². The summed E-state index contributed by atoms with van der Waals surface area (Å²) in [6, 6.07) is 5.48. The minimum atomic E-state index is -0.872. The van der Waals surface area contributed by atoms with Crippen molar-refractivity contribution in [2.24, 2.45) is 0 Å². The lowest BCUT2D eigenvalue weighted by atomic mass is 9.88. The normalized spacial score (nSPS) is 15.4. The van der Waals surface area contributed by atoms with Gasteiger partial charge in [0.25, 0.3) is 0 Å². The molecule has 0 radical (unpaired) electrons. The first-order chi connectivity index (χ1) is 9.61. The smallest absolute Gasteiger partial charge is 0.303 e. The topological polar surface area (TPSA) is 66.4 Å². The van der Waals surface area contributed by atoms with Crippen LogP contribution in [0.15, 0.2) is 18.2 Å². The molecule has 0 saturated heterocycles. The van der Waals surface area contributed by atoms with Crippen LogP contribution in [0.1, 0.15) is 47.2 Å². The van der Waals surface area contributed by atoms with Crippen LogP contribution in [0, 0.1) is 0 Å². The summed E-state index contributed by atoms with van der Waals surface area (Å²) >= 11 is 0. The molecule has 20 heavy (non-hydrogen) atoms. The number of aliphatic carboxylic acids is 1. The summed E-state index contributed by atoms with van der Waals surface area (Å²) in [6.07, 6.45) is 4.86. The Morgan fingerprint density at radius 1 is 1.25 bits per heavy atom. The summed E-state index contributed by atoms with van der Waals surface area (Å²) < 4.78 is 0. The molecule has 0 spiro atoms. The van der Waals surface area contributed by atoms with Gasteiger partial charge in [0.15, 0.2) is 5.78 Å². The Bertz CT molecular complexity index is 510. The Morgan fingerprint density at radius 3 is 2.60 bits per heavy atom. The minimum absolute atomic E-state index is 0.00217. The van der Waals surface area contributed by atoms with E-state index >= 15 is 0 Å². The highest BCUT2D eigenvalue weighted by molar-refractivity contribution is 6.00. The number of carboxylic acid groups (broad SMARTS) is 1. The maximum atomic E-state index is 12.4. The number of benzene rings is 1. The van der Waals surface area contributed by atoms with Gasteiger partial charge >= 0.3 is 5.97 Å². The molecule has 0 saturated carbocycles. The van der Waals surface area contributed by atoms with Crippen molar-refractivity contribution in [2.45, 2.75) is 44.6 Å². The van der Waals surface area contributed by atoms with E-state index in [1.165, 1.54) is 24.0 Å². The van der Waals surface area contributed by atoms with E-state index in [-0.39, 0.29) is 12.2 Å². The van der Waals surface area contributed by atoms with E-state index in [1.54, 1.807) is 7.05 Å². The SMILES string of the molecule is CNC(CCC(=O)O)C(=O)c1ccc2c(c1)CCCC2. The second-order valence-corrected chi connectivity index (χ2v) is 5.33. The summed E-state index contributed by atoms with van der Waals surface area (Å²) in [5.74, 6) is -0.884. The van der Waals surface area contributed by atoms with E-state index in [2.05, 4.69) is 5.32 Å². The zero-order chi connectivity index (χ0) is 14.5. The zero-order valence-electron chi connectivity index (χ0n) is 11.8. The second-order valence-electron chi connectivity index (χ2n) is 5.33. The van der Waals surface area contributed by atoms with Crippen molar-refractivity contribution >= 4 is 11.8 Å². The van der Waals surface area contributed by atoms with E-state index < -0.39 is 12.0 Å². The highest BCUT2D eigenvalue weighted by Crippen LogP contribution is 2.23. The van der Waals surface area contributed by atoms with Crippen molar-refractivity contribution in [1.29, 1.82) is 0 Å². The number of ketones is 1. The molecular weight excluding hydrogens is 254 g/mol. The third-order valence-corrected chi connectivity index (χ3v) is 3.94. The summed E-state index contributed by atoms with van der Waals surface area (Å²) in [4.78, 5) is 23.1. The minimum Gasteiger partial charge on any atom is -0.481 e. The Hall–Kier alpha value is -1.68. The van der Waals surface area contributed by atoms with Crippen LogP contribution in [-0.4, -0.2) is 29.9 Å². The molecule has 2 rings (SSSR count). The van der Waals surface area contributed by atoms with Crippen molar-refractivity contribution < 1.29 is 14.7 Å². The van der Waals surface area contributed by atoms with Gasteiger partial charge in [0.05, 0.1) is 6.04 Å².